The van der Waals surface area contributed by atoms with Gasteiger partial charge in [-0.1, -0.05) is 11.6 Å². The molecule has 0 amide bonds. The SMILES string of the molecule is COCC(C)OC(=O)c1cc(S(N)(=O)=O)cc(Br)c1Cl. The highest BCUT2D eigenvalue weighted by molar-refractivity contribution is 9.10. The Morgan fingerprint density at radius 1 is 1.50 bits per heavy atom. The molecule has 1 aromatic carbocycles. The van der Waals surface area contributed by atoms with Gasteiger partial charge in [-0.25, -0.2) is 18.4 Å². The average molecular weight is 387 g/mol. The molecular weight excluding hydrogens is 374 g/mol. The van der Waals surface area contributed by atoms with E-state index in [9.17, 15) is 13.2 Å². The Morgan fingerprint density at radius 3 is 2.60 bits per heavy atom. The van der Waals surface area contributed by atoms with Crippen LogP contribution in [-0.4, -0.2) is 34.2 Å². The molecule has 0 heterocycles. The molecule has 0 aliphatic carbocycles. The number of primary sulfonamides is 1. The molecule has 0 radical (unpaired) electrons. The zero-order valence-corrected chi connectivity index (χ0v) is 13.9. The van der Waals surface area contributed by atoms with E-state index in [-0.39, 0.29) is 26.6 Å². The minimum atomic E-state index is -3.96. The molecule has 0 aliphatic heterocycles. The van der Waals surface area contributed by atoms with E-state index in [1.54, 1.807) is 6.92 Å². The summed E-state index contributed by atoms with van der Waals surface area (Å²) >= 11 is 9.03. The van der Waals surface area contributed by atoms with Crippen LogP contribution >= 0.6 is 27.5 Å². The van der Waals surface area contributed by atoms with E-state index >= 15 is 0 Å². The van der Waals surface area contributed by atoms with E-state index in [1.807, 2.05) is 0 Å². The van der Waals surface area contributed by atoms with Gasteiger partial charge in [0.2, 0.25) is 10.0 Å². The maximum absolute atomic E-state index is 12.0. The molecule has 0 fully saturated rings. The van der Waals surface area contributed by atoms with Crippen LogP contribution in [0.15, 0.2) is 21.5 Å². The van der Waals surface area contributed by atoms with Gasteiger partial charge in [-0.2, -0.15) is 0 Å². The van der Waals surface area contributed by atoms with Crippen LogP contribution in [0.5, 0.6) is 0 Å². The van der Waals surface area contributed by atoms with E-state index in [4.69, 9.17) is 26.2 Å². The summed E-state index contributed by atoms with van der Waals surface area (Å²) in [5, 5.41) is 5.08. The Morgan fingerprint density at radius 2 is 2.10 bits per heavy atom. The van der Waals surface area contributed by atoms with Gasteiger partial charge >= 0.3 is 5.97 Å². The Labute approximate surface area is 130 Å². The lowest BCUT2D eigenvalue weighted by Gasteiger charge is -2.14. The van der Waals surface area contributed by atoms with E-state index in [0.717, 1.165) is 6.07 Å². The number of ether oxygens (including phenoxy) is 2. The summed E-state index contributed by atoms with van der Waals surface area (Å²) in [4.78, 5) is 11.7. The summed E-state index contributed by atoms with van der Waals surface area (Å²) < 4.78 is 32.8. The van der Waals surface area contributed by atoms with Crippen molar-refractivity contribution in [2.24, 2.45) is 5.14 Å². The molecule has 0 bridgehead atoms. The van der Waals surface area contributed by atoms with Gasteiger partial charge in [0.25, 0.3) is 0 Å². The summed E-state index contributed by atoms with van der Waals surface area (Å²) in [7, 11) is -2.49. The summed E-state index contributed by atoms with van der Waals surface area (Å²) in [5.74, 6) is -0.759. The quantitative estimate of drug-likeness (QED) is 0.780. The second-order valence-electron chi connectivity index (χ2n) is 3.98. The molecule has 1 rings (SSSR count). The Kier molecular flexibility index (Phi) is 5.96. The fourth-order valence-corrected chi connectivity index (χ4v) is 2.75. The first-order valence-corrected chi connectivity index (χ1v) is 8.10. The third-order valence-corrected chi connectivity index (χ3v) is 4.41. The number of esters is 1. The van der Waals surface area contributed by atoms with Crippen molar-refractivity contribution in [1.29, 1.82) is 0 Å². The highest BCUT2D eigenvalue weighted by Crippen LogP contribution is 2.30. The predicted molar refractivity (Wildman–Crippen MR) is 77.3 cm³/mol. The largest absolute Gasteiger partial charge is 0.457 e. The number of carbonyl (C=O) groups is 1. The number of hydrogen-bond donors (Lipinski definition) is 1. The highest BCUT2D eigenvalue weighted by Gasteiger charge is 2.21. The van der Waals surface area contributed by atoms with Gasteiger partial charge in [0.15, 0.2) is 0 Å². The number of sulfonamides is 1. The minimum Gasteiger partial charge on any atom is -0.457 e. The fraction of sp³-hybridized carbons (Fsp3) is 0.364. The first-order valence-electron chi connectivity index (χ1n) is 5.38. The van der Waals surface area contributed by atoms with Crippen molar-refractivity contribution in [1.82, 2.24) is 0 Å². The van der Waals surface area contributed by atoms with Gasteiger partial charge in [-0.05, 0) is 35.0 Å². The molecule has 0 aliphatic rings. The van der Waals surface area contributed by atoms with Crippen LogP contribution in [0.1, 0.15) is 17.3 Å². The van der Waals surface area contributed by atoms with Crippen molar-refractivity contribution in [3.05, 3.63) is 27.2 Å². The van der Waals surface area contributed by atoms with Crippen molar-refractivity contribution in [2.45, 2.75) is 17.9 Å². The third-order valence-electron chi connectivity index (χ3n) is 2.26. The summed E-state index contributed by atoms with van der Waals surface area (Å²) in [6.07, 6.45) is -0.500. The Balaban J connectivity index is 3.17. The third kappa shape index (κ3) is 4.42. The highest BCUT2D eigenvalue weighted by atomic mass is 79.9. The maximum Gasteiger partial charge on any atom is 0.340 e. The van der Waals surface area contributed by atoms with Crippen LogP contribution in [0, 0.1) is 0 Å². The predicted octanol–water partition coefficient (Wildman–Crippen LogP) is 1.94. The monoisotopic (exact) mass is 385 g/mol. The van der Waals surface area contributed by atoms with Gasteiger partial charge in [-0.15, -0.1) is 0 Å². The van der Waals surface area contributed by atoms with Gasteiger partial charge in [-0.3, -0.25) is 0 Å². The van der Waals surface area contributed by atoms with Crippen LogP contribution in [0.2, 0.25) is 5.02 Å². The van der Waals surface area contributed by atoms with Crippen LogP contribution in [0.4, 0.5) is 0 Å². The second-order valence-corrected chi connectivity index (χ2v) is 6.78. The van der Waals surface area contributed by atoms with Crippen molar-refractivity contribution < 1.29 is 22.7 Å². The molecule has 0 saturated carbocycles. The standard InChI is InChI=1S/C11H13BrClNO5S/c1-6(5-18-2)19-11(15)8-3-7(20(14,16)17)4-9(12)10(8)13/h3-4,6H,5H2,1-2H3,(H2,14,16,17). The van der Waals surface area contributed by atoms with Crippen molar-refractivity contribution in [3.8, 4) is 0 Å². The van der Waals surface area contributed by atoms with Crippen molar-refractivity contribution >= 4 is 43.5 Å². The lowest BCUT2D eigenvalue weighted by Crippen LogP contribution is -2.20. The van der Waals surface area contributed by atoms with Crippen LogP contribution < -0.4 is 5.14 Å². The summed E-state index contributed by atoms with van der Waals surface area (Å²) in [6.45, 7) is 1.84. The number of halogens is 2. The number of nitrogens with two attached hydrogens (primary N) is 1. The first kappa shape index (κ1) is 17.4. The summed E-state index contributed by atoms with van der Waals surface area (Å²) in [5.41, 5.74) is -0.0898. The van der Waals surface area contributed by atoms with E-state index < -0.39 is 22.1 Å². The molecule has 1 atom stereocenters. The second kappa shape index (κ2) is 6.86. The van der Waals surface area contributed by atoms with E-state index in [2.05, 4.69) is 15.9 Å². The lowest BCUT2D eigenvalue weighted by atomic mass is 10.2. The molecule has 0 saturated heterocycles. The zero-order valence-electron chi connectivity index (χ0n) is 10.7. The van der Waals surface area contributed by atoms with Crippen molar-refractivity contribution in [2.75, 3.05) is 13.7 Å². The number of methoxy groups -OCH3 is 1. The molecule has 0 spiro atoms. The molecule has 2 N–H and O–H groups in total. The van der Waals surface area contributed by atoms with Gasteiger partial charge in [0.1, 0.15) is 6.10 Å². The Bertz CT molecular complexity index is 619. The average Bonchev–Trinajstić information content (AvgIpc) is 2.31. The lowest BCUT2D eigenvalue weighted by molar-refractivity contribution is 0.0120. The maximum atomic E-state index is 12.0. The molecule has 112 valence electrons. The molecule has 20 heavy (non-hydrogen) atoms. The van der Waals surface area contributed by atoms with E-state index in [0.29, 0.717) is 0 Å². The topological polar surface area (TPSA) is 95.7 Å². The molecule has 0 aromatic heterocycles. The van der Waals surface area contributed by atoms with Gasteiger partial charge in [0.05, 0.1) is 22.1 Å². The number of hydrogen-bond acceptors (Lipinski definition) is 5. The molecule has 9 heteroatoms. The zero-order chi connectivity index (χ0) is 15.5. The molecule has 1 unspecified atom stereocenters. The molecule has 6 nitrogen and oxygen atoms in total. The van der Waals surface area contributed by atoms with Gasteiger partial charge in [0, 0.05) is 11.6 Å². The van der Waals surface area contributed by atoms with E-state index in [1.165, 1.54) is 13.2 Å². The number of carbonyl (C=O) groups excluding carboxylic acids is 1. The first-order chi connectivity index (χ1) is 9.16. The van der Waals surface area contributed by atoms with Crippen LogP contribution in [0.25, 0.3) is 0 Å². The van der Waals surface area contributed by atoms with Gasteiger partial charge < -0.3 is 9.47 Å². The van der Waals surface area contributed by atoms with Crippen molar-refractivity contribution in [3.63, 3.8) is 0 Å². The molecule has 1 aromatic rings. The number of benzene rings is 1. The molecular formula is C11H13BrClNO5S. The fourth-order valence-electron chi connectivity index (χ4n) is 1.39. The Hall–Kier alpha value is -0.670. The van der Waals surface area contributed by atoms with Crippen LogP contribution in [-0.2, 0) is 19.5 Å². The number of rotatable bonds is 5. The normalized spacial score (nSPS) is 13.1. The smallest absolute Gasteiger partial charge is 0.340 e. The summed E-state index contributed by atoms with van der Waals surface area (Å²) in [6, 6.07) is 2.29. The van der Waals surface area contributed by atoms with Crippen LogP contribution in [0.3, 0.4) is 0 Å². The minimum absolute atomic E-state index is 0.0482.